The van der Waals surface area contributed by atoms with Crippen molar-refractivity contribution in [3.05, 3.63) is 12.2 Å². The van der Waals surface area contributed by atoms with Gasteiger partial charge < -0.3 is 10.2 Å². The van der Waals surface area contributed by atoms with Crippen LogP contribution in [0.4, 0.5) is 0 Å². The van der Waals surface area contributed by atoms with E-state index in [4.69, 9.17) is 4.99 Å². The summed E-state index contributed by atoms with van der Waals surface area (Å²) in [4.78, 5) is 9.74. The predicted octanol–water partition coefficient (Wildman–Crippen LogP) is 2.12. The minimum Gasteiger partial charge on any atom is -0.356 e. The van der Waals surface area contributed by atoms with E-state index in [0.717, 1.165) is 31.0 Å². The summed E-state index contributed by atoms with van der Waals surface area (Å²) in [6, 6.07) is 0.624. The van der Waals surface area contributed by atoms with Gasteiger partial charge in [-0.05, 0) is 51.6 Å². The largest absolute Gasteiger partial charge is 0.356 e. The van der Waals surface area contributed by atoms with Gasteiger partial charge in [-0.25, -0.2) is 13.4 Å². The highest BCUT2D eigenvalue weighted by Gasteiger charge is 2.31. The first kappa shape index (κ1) is 22.9. The van der Waals surface area contributed by atoms with Crippen molar-refractivity contribution in [2.24, 2.45) is 10.9 Å². The Balaban J connectivity index is 0.00000261. The molecule has 6 nitrogen and oxygen atoms in total. The highest BCUT2D eigenvalue weighted by atomic mass is 127. The van der Waals surface area contributed by atoms with E-state index in [-0.39, 0.29) is 29.9 Å². The number of rotatable bonds is 5. The molecule has 27 heavy (non-hydrogen) atoms. The SMILES string of the molecule is C=C(C)CN=C(NCC1CCS(=O)(=O)C1)N1CCC(N2CCCCC2)C1.I. The van der Waals surface area contributed by atoms with Crippen LogP contribution in [0, 0.1) is 5.92 Å². The van der Waals surface area contributed by atoms with E-state index in [1.54, 1.807) is 0 Å². The smallest absolute Gasteiger partial charge is 0.194 e. The van der Waals surface area contributed by atoms with Gasteiger partial charge in [0.2, 0.25) is 0 Å². The zero-order valence-electron chi connectivity index (χ0n) is 16.5. The van der Waals surface area contributed by atoms with E-state index in [2.05, 4.69) is 21.7 Å². The van der Waals surface area contributed by atoms with Crippen LogP contribution in [0.5, 0.6) is 0 Å². The molecule has 0 amide bonds. The second-order valence-electron chi connectivity index (χ2n) is 8.23. The van der Waals surface area contributed by atoms with Gasteiger partial charge in [-0.2, -0.15) is 0 Å². The summed E-state index contributed by atoms with van der Waals surface area (Å²) in [5.41, 5.74) is 1.04. The van der Waals surface area contributed by atoms with Crippen LogP contribution in [-0.4, -0.2) is 81.0 Å². The van der Waals surface area contributed by atoms with Crippen molar-refractivity contribution < 1.29 is 8.42 Å². The number of nitrogens with zero attached hydrogens (tertiary/aromatic N) is 3. The highest BCUT2D eigenvalue weighted by molar-refractivity contribution is 14.0. The number of hydrogen-bond acceptors (Lipinski definition) is 4. The molecule has 0 radical (unpaired) electrons. The number of sulfone groups is 1. The second-order valence-corrected chi connectivity index (χ2v) is 10.5. The molecule has 0 aromatic rings. The predicted molar refractivity (Wildman–Crippen MR) is 123 cm³/mol. The van der Waals surface area contributed by atoms with Crippen LogP contribution in [0.15, 0.2) is 17.1 Å². The van der Waals surface area contributed by atoms with Gasteiger partial charge in [0.25, 0.3) is 0 Å². The molecule has 3 saturated heterocycles. The zero-order valence-corrected chi connectivity index (χ0v) is 19.7. The molecule has 2 atom stereocenters. The fourth-order valence-corrected chi connectivity index (χ4v) is 6.12. The number of aliphatic imine (C=N–C) groups is 1. The van der Waals surface area contributed by atoms with E-state index in [1.807, 2.05) is 6.92 Å². The molecule has 3 rings (SSSR count). The molecule has 1 N–H and O–H groups in total. The Bertz CT molecular complexity index is 632. The molecule has 3 aliphatic rings. The first-order valence-electron chi connectivity index (χ1n) is 10.0. The van der Waals surface area contributed by atoms with Gasteiger partial charge in [-0.15, -0.1) is 24.0 Å². The molecule has 0 spiro atoms. The van der Waals surface area contributed by atoms with Gasteiger partial charge in [-0.1, -0.05) is 18.6 Å². The number of nitrogens with one attached hydrogen (secondary N) is 1. The van der Waals surface area contributed by atoms with Crippen molar-refractivity contribution in [2.45, 2.75) is 45.1 Å². The third kappa shape index (κ3) is 6.88. The maximum atomic E-state index is 11.7. The average molecular weight is 510 g/mol. The maximum Gasteiger partial charge on any atom is 0.194 e. The quantitative estimate of drug-likeness (QED) is 0.266. The molecule has 3 aliphatic heterocycles. The Kier molecular flexibility index (Phi) is 8.86. The van der Waals surface area contributed by atoms with Gasteiger partial charge in [0.05, 0.1) is 18.1 Å². The lowest BCUT2D eigenvalue weighted by molar-refractivity contribution is 0.168. The summed E-state index contributed by atoms with van der Waals surface area (Å²) in [7, 11) is -2.83. The molecule has 0 aromatic heterocycles. The van der Waals surface area contributed by atoms with Crippen LogP contribution in [0.25, 0.3) is 0 Å². The summed E-state index contributed by atoms with van der Waals surface area (Å²) in [6.07, 6.45) is 5.96. The molecular weight excluding hydrogens is 475 g/mol. The van der Waals surface area contributed by atoms with Gasteiger partial charge in [-0.3, -0.25) is 4.90 Å². The van der Waals surface area contributed by atoms with Crippen molar-refractivity contribution >= 4 is 39.8 Å². The van der Waals surface area contributed by atoms with Crippen molar-refractivity contribution in [2.75, 3.05) is 50.8 Å². The average Bonchev–Trinajstić information content (AvgIpc) is 3.22. The molecule has 2 unspecified atom stereocenters. The van der Waals surface area contributed by atoms with E-state index in [0.29, 0.717) is 30.6 Å². The monoisotopic (exact) mass is 510 g/mol. The normalized spacial score (nSPS) is 28.8. The minimum atomic E-state index is -2.83. The van der Waals surface area contributed by atoms with Crippen LogP contribution >= 0.6 is 24.0 Å². The molecule has 0 bridgehead atoms. The van der Waals surface area contributed by atoms with Crippen LogP contribution in [0.3, 0.4) is 0 Å². The first-order chi connectivity index (χ1) is 12.4. The highest BCUT2D eigenvalue weighted by Crippen LogP contribution is 2.21. The van der Waals surface area contributed by atoms with Crippen molar-refractivity contribution in [1.29, 1.82) is 0 Å². The van der Waals surface area contributed by atoms with Crippen molar-refractivity contribution in [3.63, 3.8) is 0 Å². The van der Waals surface area contributed by atoms with Crippen LogP contribution in [0.1, 0.15) is 39.0 Å². The third-order valence-corrected chi connectivity index (χ3v) is 7.58. The van der Waals surface area contributed by atoms with E-state index >= 15 is 0 Å². The molecule has 3 fully saturated rings. The number of halogens is 1. The maximum absolute atomic E-state index is 11.7. The summed E-state index contributed by atoms with van der Waals surface area (Å²) < 4.78 is 23.4. The number of piperidine rings is 1. The van der Waals surface area contributed by atoms with E-state index in [9.17, 15) is 8.42 Å². The van der Waals surface area contributed by atoms with Gasteiger partial charge in [0.15, 0.2) is 15.8 Å². The topological polar surface area (TPSA) is 65.0 Å². The fourth-order valence-electron chi connectivity index (χ4n) is 4.26. The Hall–Kier alpha value is -0.350. The summed E-state index contributed by atoms with van der Waals surface area (Å²) in [6.45, 7) is 11.8. The third-order valence-electron chi connectivity index (χ3n) is 5.74. The van der Waals surface area contributed by atoms with Gasteiger partial charge in [0.1, 0.15) is 0 Å². The van der Waals surface area contributed by atoms with Gasteiger partial charge >= 0.3 is 0 Å². The number of hydrogen-bond donors (Lipinski definition) is 1. The Morgan fingerprint density at radius 3 is 2.56 bits per heavy atom. The zero-order chi connectivity index (χ0) is 18.6. The number of likely N-dealkylation sites (tertiary alicyclic amines) is 2. The number of guanidine groups is 1. The minimum absolute atomic E-state index is 0. The first-order valence-corrected chi connectivity index (χ1v) is 11.9. The molecule has 0 aliphatic carbocycles. The molecule has 156 valence electrons. The lowest BCUT2D eigenvalue weighted by Crippen LogP contribution is -2.45. The Morgan fingerprint density at radius 1 is 1.19 bits per heavy atom. The van der Waals surface area contributed by atoms with Crippen molar-refractivity contribution in [1.82, 2.24) is 15.1 Å². The summed E-state index contributed by atoms with van der Waals surface area (Å²) in [5, 5.41) is 3.47. The summed E-state index contributed by atoms with van der Waals surface area (Å²) in [5.74, 6) is 1.77. The Morgan fingerprint density at radius 2 is 1.93 bits per heavy atom. The second kappa shape index (κ2) is 10.4. The van der Waals surface area contributed by atoms with Gasteiger partial charge in [0, 0.05) is 25.7 Å². The fraction of sp³-hybridized carbons (Fsp3) is 0.842. The lowest BCUT2D eigenvalue weighted by atomic mass is 10.1. The van der Waals surface area contributed by atoms with Crippen molar-refractivity contribution in [3.8, 4) is 0 Å². The molecule has 3 heterocycles. The standard InChI is InChI=1S/C19H34N4O2S.HI/c1-16(2)12-20-19(21-13-17-7-11-26(24,25)15-17)23-10-6-18(14-23)22-8-4-3-5-9-22;/h17-18H,1,3-15H2,2H3,(H,20,21);1H. The molecule has 8 heteroatoms. The molecule has 0 aromatic carbocycles. The van der Waals surface area contributed by atoms with Crippen LogP contribution in [0.2, 0.25) is 0 Å². The van der Waals surface area contributed by atoms with Crippen LogP contribution < -0.4 is 5.32 Å². The Labute approximate surface area is 181 Å². The van der Waals surface area contributed by atoms with E-state index in [1.165, 1.54) is 38.8 Å². The molecule has 0 saturated carbocycles. The summed E-state index contributed by atoms with van der Waals surface area (Å²) >= 11 is 0. The molecular formula is C19H35IN4O2S. The lowest BCUT2D eigenvalue weighted by Gasteiger charge is -2.32. The van der Waals surface area contributed by atoms with E-state index < -0.39 is 9.84 Å². The van der Waals surface area contributed by atoms with Crippen LogP contribution in [-0.2, 0) is 9.84 Å².